The van der Waals surface area contributed by atoms with E-state index in [1.807, 2.05) is 0 Å². The third-order valence-corrected chi connectivity index (χ3v) is 5.34. The molecule has 0 radical (unpaired) electrons. The zero-order valence-electron chi connectivity index (χ0n) is 12.7. The van der Waals surface area contributed by atoms with Gasteiger partial charge < -0.3 is 5.32 Å². The van der Waals surface area contributed by atoms with Gasteiger partial charge in [0.1, 0.15) is 0 Å². The summed E-state index contributed by atoms with van der Waals surface area (Å²) in [6, 6.07) is 9.26. The van der Waals surface area contributed by atoms with E-state index in [-0.39, 0.29) is 0 Å². The van der Waals surface area contributed by atoms with Crippen molar-refractivity contribution in [3.8, 4) is 0 Å². The summed E-state index contributed by atoms with van der Waals surface area (Å²) in [6.45, 7) is 3.29. The van der Waals surface area contributed by atoms with Crippen LogP contribution >= 0.6 is 15.9 Å². The highest BCUT2D eigenvalue weighted by Crippen LogP contribution is 2.28. The summed E-state index contributed by atoms with van der Waals surface area (Å²) in [4.78, 5) is 0. The Balaban J connectivity index is 1.84. The molecule has 1 aliphatic rings. The molecule has 1 unspecified atom stereocenters. The van der Waals surface area contributed by atoms with Gasteiger partial charge in [0.25, 0.3) is 0 Å². The number of rotatable bonds is 7. The Hall–Kier alpha value is -0.340. The molecule has 20 heavy (non-hydrogen) atoms. The largest absolute Gasteiger partial charge is 0.314 e. The van der Waals surface area contributed by atoms with Crippen LogP contribution in [0.5, 0.6) is 0 Å². The Morgan fingerprint density at radius 1 is 1.20 bits per heavy atom. The quantitative estimate of drug-likeness (QED) is 0.708. The van der Waals surface area contributed by atoms with Gasteiger partial charge in [0.05, 0.1) is 0 Å². The lowest BCUT2D eigenvalue weighted by molar-refractivity contribution is 0.313. The molecule has 1 fully saturated rings. The van der Waals surface area contributed by atoms with Gasteiger partial charge in [0, 0.05) is 10.5 Å². The van der Waals surface area contributed by atoms with E-state index in [2.05, 4.69) is 52.4 Å². The molecule has 1 aliphatic carbocycles. The fourth-order valence-electron chi connectivity index (χ4n) is 3.41. The normalized spacial score (nSPS) is 18.1. The maximum atomic E-state index is 3.68. The molecule has 0 saturated heterocycles. The highest BCUT2D eigenvalue weighted by Gasteiger charge is 2.16. The van der Waals surface area contributed by atoms with Crippen molar-refractivity contribution < 1.29 is 0 Å². The maximum absolute atomic E-state index is 3.68. The number of hydrogen-bond donors (Lipinski definition) is 1. The summed E-state index contributed by atoms with van der Waals surface area (Å²) in [5.41, 5.74) is 1.43. The molecule has 1 aromatic carbocycles. The average Bonchev–Trinajstić information content (AvgIpc) is 2.48. The van der Waals surface area contributed by atoms with E-state index in [1.165, 1.54) is 55.0 Å². The van der Waals surface area contributed by atoms with Gasteiger partial charge in [-0.1, -0.05) is 73.2 Å². The van der Waals surface area contributed by atoms with Crippen molar-refractivity contribution in [2.45, 2.75) is 64.3 Å². The molecule has 0 bridgehead atoms. The van der Waals surface area contributed by atoms with Crippen molar-refractivity contribution in [3.05, 3.63) is 34.3 Å². The van der Waals surface area contributed by atoms with Crippen molar-refractivity contribution >= 4 is 15.9 Å². The van der Waals surface area contributed by atoms with Gasteiger partial charge in [-0.3, -0.25) is 0 Å². The van der Waals surface area contributed by atoms with Crippen molar-refractivity contribution in [2.24, 2.45) is 5.92 Å². The van der Waals surface area contributed by atoms with Crippen LogP contribution in [-0.4, -0.2) is 12.6 Å². The molecule has 0 aliphatic heterocycles. The topological polar surface area (TPSA) is 12.0 Å². The van der Waals surface area contributed by atoms with Gasteiger partial charge in [0.2, 0.25) is 0 Å². The molecule has 1 N–H and O–H groups in total. The van der Waals surface area contributed by atoms with E-state index < -0.39 is 0 Å². The average molecular weight is 338 g/mol. The fourth-order valence-corrected chi connectivity index (χ4v) is 3.85. The minimum absolute atomic E-state index is 0.626. The van der Waals surface area contributed by atoms with Gasteiger partial charge in [-0.05, 0) is 43.4 Å². The molecule has 0 aromatic heterocycles. The first-order chi connectivity index (χ1) is 9.79. The van der Waals surface area contributed by atoms with Gasteiger partial charge in [-0.15, -0.1) is 0 Å². The lowest BCUT2D eigenvalue weighted by atomic mass is 9.84. The highest BCUT2D eigenvalue weighted by molar-refractivity contribution is 9.10. The first-order valence-corrected chi connectivity index (χ1v) is 9.05. The van der Waals surface area contributed by atoms with E-state index >= 15 is 0 Å². The minimum atomic E-state index is 0.626. The predicted molar refractivity (Wildman–Crippen MR) is 91.1 cm³/mol. The van der Waals surface area contributed by atoms with Gasteiger partial charge >= 0.3 is 0 Å². The highest BCUT2D eigenvalue weighted by atomic mass is 79.9. The summed E-state index contributed by atoms with van der Waals surface area (Å²) in [5, 5.41) is 3.68. The number of benzene rings is 1. The Bertz CT molecular complexity index is 385. The molecule has 2 heteroatoms. The van der Waals surface area contributed by atoms with Crippen LogP contribution in [0.4, 0.5) is 0 Å². The molecule has 0 heterocycles. The van der Waals surface area contributed by atoms with Crippen molar-refractivity contribution in [3.63, 3.8) is 0 Å². The standard InChI is InChI=1S/C18H28BrN/c1-2-20-17(13-12-15-8-4-3-5-9-15)14-16-10-6-7-11-18(16)19/h6-7,10-11,15,17,20H,2-5,8-9,12-14H2,1H3. The number of hydrogen-bond acceptors (Lipinski definition) is 1. The molecule has 1 aromatic rings. The minimum Gasteiger partial charge on any atom is -0.314 e. The molecule has 0 spiro atoms. The van der Waals surface area contributed by atoms with Crippen LogP contribution < -0.4 is 5.32 Å². The van der Waals surface area contributed by atoms with Crippen LogP contribution in [0, 0.1) is 5.92 Å². The summed E-state index contributed by atoms with van der Waals surface area (Å²) in [5.74, 6) is 0.990. The van der Waals surface area contributed by atoms with Crippen molar-refractivity contribution in [1.29, 1.82) is 0 Å². The molecule has 1 saturated carbocycles. The van der Waals surface area contributed by atoms with E-state index in [4.69, 9.17) is 0 Å². The van der Waals surface area contributed by atoms with Crippen LogP contribution in [0.2, 0.25) is 0 Å². The van der Waals surface area contributed by atoms with Crippen LogP contribution in [0.1, 0.15) is 57.4 Å². The molecular formula is C18H28BrN. The SMILES string of the molecule is CCNC(CCC1CCCCC1)Cc1ccccc1Br. The van der Waals surface area contributed by atoms with Crippen LogP contribution in [0.25, 0.3) is 0 Å². The van der Waals surface area contributed by atoms with Gasteiger partial charge in [-0.2, -0.15) is 0 Å². The number of nitrogens with one attached hydrogen (secondary N) is 1. The number of halogens is 1. The summed E-state index contributed by atoms with van der Waals surface area (Å²) < 4.78 is 1.25. The summed E-state index contributed by atoms with van der Waals surface area (Å²) in [6.07, 6.45) is 11.2. The Morgan fingerprint density at radius 2 is 1.95 bits per heavy atom. The van der Waals surface area contributed by atoms with Crippen molar-refractivity contribution in [1.82, 2.24) is 5.32 Å². The lowest BCUT2D eigenvalue weighted by Gasteiger charge is -2.25. The monoisotopic (exact) mass is 337 g/mol. The second-order valence-corrected chi connectivity index (χ2v) is 6.99. The van der Waals surface area contributed by atoms with Crippen LogP contribution in [0.3, 0.4) is 0 Å². The first kappa shape index (κ1) is 16.0. The van der Waals surface area contributed by atoms with Gasteiger partial charge in [-0.25, -0.2) is 0 Å². The Kier molecular flexibility index (Phi) is 7.09. The zero-order chi connectivity index (χ0) is 14.2. The zero-order valence-corrected chi connectivity index (χ0v) is 14.3. The Labute approximate surface area is 132 Å². The lowest BCUT2D eigenvalue weighted by Crippen LogP contribution is -2.31. The predicted octanol–water partition coefficient (Wildman–Crippen LogP) is 5.33. The molecule has 0 amide bonds. The van der Waals surface area contributed by atoms with E-state index in [9.17, 15) is 0 Å². The smallest absolute Gasteiger partial charge is 0.0207 e. The molecule has 1 atom stereocenters. The third-order valence-electron chi connectivity index (χ3n) is 4.57. The molecular weight excluding hydrogens is 310 g/mol. The second kappa shape index (κ2) is 8.84. The third kappa shape index (κ3) is 5.21. The van der Waals surface area contributed by atoms with E-state index in [0.29, 0.717) is 6.04 Å². The maximum Gasteiger partial charge on any atom is 0.0207 e. The van der Waals surface area contributed by atoms with E-state index in [0.717, 1.165) is 18.9 Å². The molecule has 2 rings (SSSR count). The van der Waals surface area contributed by atoms with Gasteiger partial charge in [0.15, 0.2) is 0 Å². The molecule has 112 valence electrons. The van der Waals surface area contributed by atoms with Crippen molar-refractivity contribution in [2.75, 3.05) is 6.54 Å². The van der Waals surface area contributed by atoms with E-state index in [1.54, 1.807) is 0 Å². The second-order valence-electron chi connectivity index (χ2n) is 6.13. The summed E-state index contributed by atoms with van der Waals surface area (Å²) in [7, 11) is 0. The van der Waals surface area contributed by atoms with Crippen LogP contribution in [-0.2, 0) is 6.42 Å². The Morgan fingerprint density at radius 3 is 2.65 bits per heavy atom. The first-order valence-electron chi connectivity index (χ1n) is 8.26. The fraction of sp³-hybridized carbons (Fsp3) is 0.667. The van der Waals surface area contributed by atoms with Crippen LogP contribution in [0.15, 0.2) is 28.7 Å². The number of likely N-dealkylation sites (N-methyl/N-ethyl adjacent to an activating group) is 1. The molecule has 1 nitrogen and oxygen atoms in total. The summed E-state index contributed by atoms with van der Waals surface area (Å²) >= 11 is 3.68.